The van der Waals surface area contributed by atoms with Crippen molar-refractivity contribution in [1.29, 1.82) is 0 Å². The fourth-order valence-electron chi connectivity index (χ4n) is 4.71. The molecular formula is C29H40N2O2. The van der Waals surface area contributed by atoms with Crippen molar-refractivity contribution >= 4 is 11.8 Å². The van der Waals surface area contributed by atoms with Crippen molar-refractivity contribution in [2.45, 2.75) is 96.7 Å². The van der Waals surface area contributed by atoms with Crippen molar-refractivity contribution in [3.8, 4) is 0 Å². The molecule has 1 atom stereocenters. The van der Waals surface area contributed by atoms with Gasteiger partial charge in [0.05, 0.1) is 0 Å². The summed E-state index contributed by atoms with van der Waals surface area (Å²) < 4.78 is 0. The molecule has 2 amide bonds. The molecule has 0 saturated heterocycles. The number of carbonyl (C=O) groups is 2. The summed E-state index contributed by atoms with van der Waals surface area (Å²) in [5.41, 5.74) is 3.52. The zero-order valence-electron chi connectivity index (χ0n) is 20.6. The van der Waals surface area contributed by atoms with E-state index in [0.717, 1.165) is 24.0 Å². The Balaban J connectivity index is 1.71. The molecule has 0 spiro atoms. The zero-order chi connectivity index (χ0) is 23.6. The molecule has 1 saturated carbocycles. The van der Waals surface area contributed by atoms with Gasteiger partial charge in [-0.15, -0.1) is 0 Å². The third-order valence-electron chi connectivity index (χ3n) is 6.81. The van der Waals surface area contributed by atoms with Crippen molar-refractivity contribution < 1.29 is 9.59 Å². The highest BCUT2D eigenvalue weighted by Gasteiger charge is 2.30. The molecule has 0 heterocycles. The van der Waals surface area contributed by atoms with Gasteiger partial charge in [0.15, 0.2) is 0 Å². The maximum atomic E-state index is 13.4. The van der Waals surface area contributed by atoms with Gasteiger partial charge in [0, 0.05) is 19.0 Å². The summed E-state index contributed by atoms with van der Waals surface area (Å²) >= 11 is 0. The lowest BCUT2D eigenvalue weighted by molar-refractivity contribution is -0.141. The molecule has 0 bridgehead atoms. The first kappa shape index (κ1) is 25.0. The minimum atomic E-state index is -0.442. The number of hydrogen-bond acceptors (Lipinski definition) is 2. The molecule has 1 aliphatic carbocycles. The molecule has 0 unspecified atom stereocenters. The van der Waals surface area contributed by atoms with Crippen molar-refractivity contribution in [3.05, 3.63) is 71.3 Å². The number of amides is 2. The zero-order valence-corrected chi connectivity index (χ0v) is 20.6. The third kappa shape index (κ3) is 7.45. The molecule has 4 heteroatoms. The molecule has 0 radical (unpaired) electrons. The third-order valence-corrected chi connectivity index (χ3v) is 6.81. The average Bonchev–Trinajstić information content (AvgIpc) is 2.84. The fraction of sp³-hybridized carbons (Fsp3) is 0.517. The fourth-order valence-corrected chi connectivity index (χ4v) is 4.71. The number of nitrogens with zero attached hydrogens (tertiary/aromatic N) is 1. The summed E-state index contributed by atoms with van der Waals surface area (Å²) in [4.78, 5) is 28.5. The van der Waals surface area contributed by atoms with Gasteiger partial charge in [0.1, 0.15) is 6.04 Å². The molecular weight excluding hydrogens is 408 g/mol. The summed E-state index contributed by atoms with van der Waals surface area (Å²) in [6.07, 6.45) is 7.38. The van der Waals surface area contributed by atoms with Crippen LogP contribution in [0.25, 0.3) is 0 Å². The summed E-state index contributed by atoms with van der Waals surface area (Å²) in [5.74, 6) is 0.530. The van der Waals surface area contributed by atoms with Gasteiger partial charge in [-0.2, -0.15) is 0 Å². The number of carbonyl (C=O) groups excluding carboxylic acids is 2. The number of nitrogens with one attached hydrogen (secondary N) is 1. The first-order valence-corrected chi connectivity index (χ1v) is 12.7. The lowest BCUT2D eigenvalue weighted by atomic mass is 9.95. The van der Waals surface area contributed by atoms with Crippen molar-refractivity contribution in [2.24, 2.45) is 0 Å². The lowest BCUT2D eigenvalue weighted by Crippen LogP contribution is -2.51. The van der Waals surface area contributed by atoms with Gasteiger partial charge >= 0.3 is 0 Å². The smallest absolute Gasteiger partial charge is 0.243 e. The first-order chi connectivity index (χ1) is 16.0. The van der Waals surface area contributed by atoms with Crippen LogP contribution < -0.4 is 5.32 Å². The molecule has 0 aliphatic heterocycles. The second-order valence-corrected chi connectivity index (χ2v) is 9.67. The molecule has 2 aromatic carbocycles. The van der Waals surface area contributed by atoms with E-state index in [1.54, 1.807) is 4.90 Å². The molecule has 1 N–H and O–H groups in total. The van der Waals surface area contributed by atoms with Gasteiger partial charge in [0.25, 0.3) is 0 Å². The Morgan fingerprint density at radius 3 is 2.21 bits per heavy atom. The van der Waals surface area contributed by atoms with E-state index >= 15 is 0 Å². The van der Waals surface area contributed by atoms with Gasteiger partial charge in [-0.25, -0.2) is 0 Å². The Morgan fingerprint density at radius 2 is 1.61 bits per heavy atom. The van der Waals surface area contributed by atoms with Crippen LogP contribution >= 0.6 is 0 Å². The first-order valence-electron chi connectivity index (χ1n) is 12.7. The number of benzene rings is 2. The normalized spacial score (nSPS) is 15.3. The molecule has 0 aromatic heterocycles. The van der Waals surface area contributed by atoms with Crippen LogP contribution in [0.1, 0.15) is 88.3 Å². The standard InChI is InChI=1S/C29H40N2O2/c1-4-27(29(33)30-26-13-9-6-10-14-26)31(21-24-11-7-5-8-12-24)28(32)20-17-23-15-18-25(19-16-23)22(2)3/h5,7-8,11-12,15-16,18-19,22,26-27H,4,6,9-10,13-14,17,20-21H2,1-3H3,(H,30,33)/t27-/m1/s1. The van der Waals surface area contributed by atoms with Gasteiger partial charge in [-0.05, 0) is 48.3 Å². The maximum Gasteiger partial charge on any atom is 0.243 e. The van der Waals surface area contributed by atoms with Crippen molar-refractivity contribution in [1.82, 2.24) is 10.2 Å². The van der Waals surface area contributed by atoms with Gasteiger partial charge in [-0.1, -0.05) is 94.6 Å². The predicted molar refractivity (Wildman–Crippen MR) is 135 cm³/mol. The van der Waals surface area contributed by atoms with Crippen LogP contribution in [-0.4, -0.2) is 28.8 Å². The Hall–Kier alpha value is -2.62. The molecule has 1 aliphatic rings. The van der Waals surface area contributed by atoms with Crippen LogP contribution in [-0.2, 0) is 22.6 Å². The predicted octanol–water partition coefficient (Wildman–Crippen LogP) is 6.00. The van der Waals surface area contributed by atoms with Crippen LogP contribution in [0.2, 0.25) is 0 Å². The number of hydrogen-bond donors (Lipinski definition) is 1. The van der Waals surface area contributed by atoms with E-state index in [-0.39, 0.29) is 17.9 Å². The summed E-state index contributed by atoms with van der Waals surface area (Å²) in [6.45, 7) is 6.83. The molecule has 178 valence electrons. The van der Waals surface area contributed by atoms with Crippen LogP contribution in [0.3, 0.4) is 0 Å². The van der Waals surface area contributed by atoms with E-state index in [4.69, 9.17) is 0 Å². The van der Waals surface area contributed by atoms with E-state index in [0.29, 0.717) is 31.7 Å². The topological polar surface area (TPSA) is 49.4 Å². The SMILES string of the molecule is CC[C@H](C(=O)NC1CCCCC1)N(Cc1ccccc1)C(=O)CCc1ccc(C(C)C)cc1. The maximum absolute atomic E-state index is 13.4. The molecule has 33 heavy (non-hydrogen) atoms. The highest BCUT2D eigenvalue weighted by Crippen LogP contribution is 2.20. The number of rotatable bonds is 10. The van der Waals surface area contributed by atoms with Gasteiger partial charge < -0.3 is 10.2 Å². The second kappa shape index (κ2) is 12.6. The van der Waals surface area contributed by atoms with E-state index in [1.165, 1.54) is 24.8 Å². The molecule has 2 aromatic rings. The van der Waals surface area contributed by atoms with Crippen LogP contribution in [0.5, 0.6) is 0 Å². The highest BCUT2D eigenvalue weighted by atomic mass is 16.2. The Bertz CT molecular complexity index is 870. The largest absolute Gasteiger partial charge is 0.352 e. The number of aryl methyl sites for hydroxylation is 1. The highest BCUT2D eigenvalue weighted by molar-refractivity contribution is 5.88. The molecule has 4 nitrogen and oxygen atoms in total. The Labute approximate surface area is 199 Å². The average molecular weight is 449 g/mol. The molecule has 3 rings (SSSR count). The van der Waals surface area contributed by atoms with E-state index in [1.807, 2.05) is 37.3 Å². The summed E-state index contributed by atoms with van der Waals surface area (Å²) in [5, 5.41) is 3.25. The molecule has 1 fully saturated rings. The van der Waals surface area contributed by atoms with E-state index < -0.39 is 6.04 Å². The van der Waals surface area contributed by atoms with Crippen molar-refractivity contribution in [3.63, 3.8) is 0 Å². The minimum Gasteiger partial charge on any atom is -0.352 e. The lowest BCUT2D eigenvalue weighted by Gasteiger charge is -2.33. The minimum absolute atomic E-state index is 0.00466. The van der Waals surface area contributed by atoms with Crippen molar-refractivity contribution in [2.75, 3.05) is 0 Å². The Kier molecular flexibility index (Phi) is 9.53. The van der Waals surface area contributed by atoms with Crippen LogP contribution in [0.4, 0.5) is 0 Å². The Morgan fingerprint density at radius 1 is 0.939 bits per heavy atom. The van der Waals surface area contributed by atoms with E-state index in [9.17, 15) is 9.59 Å². The monoisotopic (exact) mass is 448 g/mol. The van der Waals surface area contributed by atoms with Gasteiger partial charge in [0.2, 0.25) is 11.8 Å². The summed E-state index contributed by atoms with van der Waals surface area (Å²) in [7, 11) is 0. The summed E-state index contributed by atoms with van der Waals surface area (Å²) in [6, 6.07) is 18.3. The van der Waals surface area contributed by atoms with Crippen LogP contribution in [0.15, 0.2) is 54.6 Å². The second-order valence-electron chi connectivity index (χ2n) is 9.67. The van der Waals surface area contributed by atoms with Crippen LogP contribution in [0, 0.1) is 0 Å². The van der Waals surface area contributed by atoms with Gasteiger partial charge in [-0.3, -0.25) is 9.59 Å². The van der Waals surface area contributed by atoms with E-state index in [2.05, 4.69) is 43.4 Å². The quantitative estimate of drug-likeness (QED) is 0.485.